The van der Waals surface area contributed by atoms with Gasteiger partial charge in [0.2, 0.25) is 0 Å². The molecule has 0 aliphatic heterocycles. The first-order chi connectivity index (χ1) is 8.78. The number of carbonyl (C=O) groups excluding carboxylic acids is 1. The van der Waals surface area contributed by atoms with Gasteiger partial charge in [-0.15, -0.1) is 0 Å². The van der Waals surface area contributed by atoms with Crippen molar-refractivity contribution < 1.29 is 9.53 Å². The SMILES string of the molecule is COc1cc(Cn2cncc2C=O)ccc1C#N. The Balaban J connectivity index is 2.30. The molecule has 18 heavy (non-hydrogen) atoms. The third-order valence-electron chi connectivity index (χ3n) is 2.60. The van der Waals surface area contributed by atoms with Gasteiger partial charge in [-0.25, -0.2) is 4.98 Å². The largest absolute Gasteiger partial charge is 0.495 e. The maximum absolute atomic E-state index is 10.8. The van der Waals surface area contributed by atoms with E-state index in [2.05, 4.69) is 11.1 Å². The van der Waals surface area contributed by atoms with Gasteiger partial charge in [-0.3, -0.25) is 4.79 Å². The second-order valence-corrected chi connectivity index (χ2v) is 3.71. The molecule has 0 fully saturated rings. The lowest BCUT2D eigenvalue weighted by Crippen LogP contribution is -2.03. The highest BCUT2D eigenvalue weighted by atomic mass is 16.5. The number of methoxy groups -OCH3 is 1. The molecule has 0 atom stereocenters. The maximum atomic E-state index is 10.8. The van der Waals surface area contributed by atoms with Gasteiger partial charge in [-0.05, 0) is 17.7 Å². The molecule has 1 aromatic heterocycles. The van der Waals surface area contributed by atoms with Crippen LogP contribution < -0.4 is 4.74 Å². The molecule has 0 spiro atoms. The summed E-state index contributed by atoms with van der Waals surface area (Å²) in [7, 11) is 1.52. The molecule has 0 N–H and O–H groups in total. The first-order valence-electron chi connectivity index (χ1n) is 5.31. The summed E-state index contributed by atoms with van der Waals surface area (Å²) in [5.74, 6) is 0.530. The Labute approximate surface area is 104 Å². The van der Waals surface area contributed by atoms with E-state index in [1.54, 1.807) is 23.0 Å². The Morgan fingerprint density at radius 3 is 3.06 bits per heavy atom. The number of rotatable bonds is 4. The molecule has 1 aromatic carbocycles. The molecule has 1 heterocycles. The zero-order chi connectivity index (χ0) is 13.0. The van der Waals surface area contributed by atoms with Gasteiger partial charge in [-0.2, -0.15) is 5.26 Å². The van der Waals surface area contributed by atoms with E-state index in [0.717, 1.165) is 11.8 Å². The molecule has 0 saturated heterocycles. The summed E-state index contributed by atoms with van der Waals surface area (Å²) in [5.41, 5.74) is 1.94. The van der Waals surface area contributed by atoms with Gasteiger partial charge in [0.1, 0.15) is 17.5 Å². The van der Waals surface area contributed by atoms with Gasteiger partial charge in [0.15, 0.2) is 6.29 Å². The van der Waals surface area contributed by atoms with Crippen molar-refractivity contribution in [2.75, 3.05) is 7.11 Å². The molecule has 90 valence electrons. The van der Waals surface area contributed by atoms with Crippen molar-refractivity contribution in [1.82, 2.24) is 9.55 Å². The normalized spacial score (nSPS) is 9.78. The number of aldehydes is 1. The second kappa shape index (κ2) is 5.15. The van der Waals surface area contributed by atoms with E-state index in [9.17, 15) is 4.79 Å². The van der Waals surface area contributed by atoms with E-state index in [-0.39, 0.29) is 0 Å². The minimum Gasteiger partial charge on any atom is -0.495 e. The van der Waals surface area contributed by atoms with Crippen LogP contribution in [-0.4, -0.2) is 22.9 Å². The molecule has 0 amide bonds. The van der Waals surface area contributed by atoms with Crippen LogP contribution in [-0.2, 0) is 6.54 Å². The average molecular weight is 241 g/mol. The van der Waals surface area contributed by atoms with Crippen LogP contribution in [0.25, 0.3) is 0 Å². The summed E-state index contributed by atoms with van der Waals surface area (Å²) in [4.78, 5) is 14.7. The molecular formula is C13H11N3O2. The van der Waals surface area contributed by atoms with E-state index in [1.165, 1.54) is 13.3 Å². The third-order valence-corrected chi connectivity index (χ3v) is 2.60. The number of nitrogens with zero attached hydrogens (tertiary/aromatic N) is 3. The van der Waals surface area contributed by atoms with Gasteiger partial charge in [-0.1, -0.05) is 6.07 Å². The smallest absolute Gasteiger partial charge is 0.168 e. The van der Waals surface area contributed by atoms with Crippen molar-refractivity contribution in [3.8, 4) is 11.8 Å². The Bertz CT molecular complexity index is 611. The molecule has 0 unspecified atom stereocenters. The predicted octanol–water partition coefficient (Wildman–Crippen LogP) is 1.62. The van der Waals surface area contributed by atoms with Crippen LogP contribution in [0.5, 0.6) is 5.75 Å². The van der Waals surface area contributed by atoms with E-state index in [0.29, 0.717) is 23.6 Å². The molecule has 2 rings (SSSR count). The zero-order valence-corrected chi connectivity index (χ0v) is 9.83. The summed E-state index contributed by atoms with van der Waals surface area (Å²) in [6.45, 7) is 0.510. The third kappa shape index (κ3) is 2.23. The summed E-state index contributed by atoms with van der Waals surface area (Å²) in [6.07, 6.45) is 3.86. The highest BCUT2D eigenvalue weighted by Crippen LogP contribution is 2.20. The van der Waals surface area contributed by atoms with Gasteiger partial charge in [0.05, 0.1) is 25.2 Å². The topological polar surface area (TPSA) is 67.9 Å². The molecule has 2 aromatic rings. The molecule has 0 aliphatic carbocycles. The average Bonchev–Trinajstić information content (AvgIpc) is 2.85. The zero-order valence-electron chi connectivity index (χ0n) is 9.83. The highest BCUT2D eigenvalue weighted by Gasteiger charge is 2.06. The van der Waals surface area contributed by atoms with Crippen molar-refractivity contribution in [3.63, 3.8) is 0 Å². The first kappa shape index (κ1) is 11.9. The van der Waals surface area contributed by atoms with Gasteiger partial charge < -0.3 is 9.30 Å². The fourth-order valence-corrected chi connectivity index (χ4v) is 1.68. The Kier molecular flexibility index (Phi) is 3.39. The number of hydrogen-bond donors (Lipinski definition) is 0. The van der Waals surface area contributed by atoms with Crippen molar-refractivity contribution in [1.29, 1.82) is 5.26 Å². The molecule has 0 bridgehead atoms. The minimum absolute atomic E-state index is 0.488. The molecule has 5 heteroatoms. The maximum Gasteiger partial charge on any atom is 0.168 e. The Morgan fingerprint density at radius 2 is 2.39 bits per heavy atom. The molecule has 0 radical (unpaired) electrons. The quantitative estimate of drug-likeness (QED) is 0.763. The summed E-state index contributed by atoms with van der Waals surface area (Å²) >= 11 is 0. The van der Waals surface area contributed by atoms with Crippen LogP contribution in [0.1, 0.15) is 21.6 Å². The summed E-state index contributed by atoms with van der Waals surface area (Å²) in [5, 5.41) is 8.89. The van der Waals surface area contributed by atoms with Gasteiger partial charge in [0.25, 0.3) is 0 Å². The highest BCUT2D eigenvalue weighted by molar-refractivity contribution is 5.71. The lowest BCUT2D eigenvalue weighted by Gasteiger charge is -2.08. The number of nitriles is 1. The van der Waals surface area contributed by atoms with E-state index in [1.807, 2.05) is 6.07 Å². The fraction of sp³-hybridized carbons (Fsp3) is 0.154. The summed E-state index contributed by atoms with van der Waals surface area (Å²) < 4.78 is 6.87. The van der Waals surface area contributed by atoms with E-state index in [4.69, 9.17) is 10.00 Å². The predicted molar refractivity (Wildman–Crippen MR) is 64.4 cm³/mol. The molecule has 0 aliphatic rings. The lowest BCUT2D eigenvalue weighted by molar-refractivity contribution is 0.111. The number of aromatic nitrogens is 2. The van der Waals surface area contributed by atoms with Crippen LogP contribution in [0.2, 0.25) is 0 Å². The Hall–Kier alpha value is -2.61. The van der Waals surface area contributed by atoms with Crippen LogP contribution in [0.15, 0.2) is 30.7 Å². The first-order valence-corrected chi connectivity index (χ1v) is 5.31. The van der Waals surface area contributed by atoms with Gasteiger partial charge in [0, 0.05) is 6.54 Å². The van der Waals surface area contributed by atoms with Crippen LogP contribution in [0, 0.1) is 11.3 Å². The monoisotopic (exact) mass is 241 g/mol. The number of carbonyl (C=O) groups is 1. The molecule has 5 nitrogen and oxygen atoms in total. The van der Waals surface area contributed by atoms with Crippen molar-refractivity contribution in [2.45, 2.75) is 6.54 Å². The number of hydrogen-bond acceptors (Lipinski definition) is 4. The molecular weight excluding hydrogens is 230 g/mol. The van der Waals surface area contributed by atoms with Crippen LogP contribution >= 0.6 is 0 Å². The molecule has 0 saturated carbocycles. The number of ether oxygens (including phenoxy) is 1. The van der Waals surface area contributed by atoms with Crippen LogP contribution in [0.4, 0.5) is 0 Å². The lowest BCUT2D eigenvalue weighted by atomic mass is 10.1. The standard InChI is InChI=1S/C13H11N3O2/c1-18-13-4-10(2-3-11(13)5-14)7-16-9-15-6-12(16)8-17/h2-4,6,8-9H,7H2,1H3. The Morgan fingerprint density at radius 1 is 1.56 bits per heavy atom. The van der Waals surface area contributed by atoms with Crippen molar-refractivity contribution in [3.05, 3.63) is 47.5 Å². The summed E-state index contributed by atoms with van der Waals surface area (Å²) in [6, 6.07) is 7.37. The van der Waals surface area contributed by atoms with Gasteiger partial charge >= 0.3 is 0 Å². The minimum atomic E-state index is 0.488. The second-order valence-electron chi connectivity index (χ2n) is 3.71. The van der Waals surface area contributed by atoms with Crippen molar-refractivity contribution >= 4 is 6.29 Å². The fourth-order valence-electron chi connectivity index (χ4n) is 1.68. The van der Waals surface area contributed by atoms with Crippen LogP contribution in [0.3, 0.4) is 0 Å². The van der Waals surface area contributed by atoms with E-state index < -0.39 is 0 Å². The number of imidazole rings is 1. The number of benzene rings is 1. The van der Waals surface area contributed by atoms with E-state index >= 15 is 0 Å². The van der Waals surface area contributed by atoms with Crippen molar-refractivity contribution in [2.24, 2.45) is 0 Å².